The van der Waals surface area contributed by atoms with Gasteiger partial charge in [-0.05, 0) is 0 Å². The minimum atomic E-state index is -1.15. The number of nitrogens with zero attached hydrogens (tertiary/aromatic N) is 7. The van der Waals surface area contributed by atoms with Gasteiger partial charge in [0.15, 0.2) is 10.9 Å². The first kappa shape index (κ1) is 23.5. The van der Waals surface area contributed by atoms with Crippen molar-refractivity contribution < 1.29 is 23.8 Å². The number of thiazole rings is 1. The van der Waals surface area contributed by atoms with Crippen molar-refractivity contribution in [3.63, 3.8) is 0 Å². The van der Waals surface area contributed by atoms with Crippen LogP contribution in [0.15, 0.2) is 37.3 Å². The lowest BCUT2D eigenvalue weighted by atomic mass is 10.2. The number of hydrogen-bond acceptors (Lipinski definition) is 10. The Bertz CT molecular complexity index is 1410. The van der Waals surface area contributed by atoms with Gasteiger partial charge in [0, 0.05) is 31.9 Å². The molecule has 5 rings (SSSR count). The molecule has 2 amide bonds. The number of nitrogens with one attached hydrogen (secondary N) is 2. The summed E-state index contributed by atoms with van der Waals surface area (Å²) in [6.45, 7) is 1.11. The highest BCUT2D eigenvalue weighted by atomic mass is 32.1. The number of hydrogen-bond donors (Lipinski definition) is 3. The summed E-state index contributed by atoms with van der Waals surface area (Å²) in [6, 6.07) is 0.910. The molecule has 13 nitrogen and oxygen atoms in total. The number of rotatable bonds is 7. The number of pyridine rings is 1. The molecule has 1 aliphatic heterocycles. The second-order valence-electron chi connectivity index (χ2n) is 7.73. The Morgan fingerprint density at radius 1 is 1.22 bits per heavy atom. The normalized spacial score (nSPS) is 15.7. The van der Waals surface area contributed by atoms with E-state index in [0.29, 0.717) is 27.9 Å². The lowest BCUT2D eigenvalue weighted by Gasteiger charge is -2.32. The zero-order valence-corrected chi connectivity index (χ0v) is 19.5. The summed E-state index contributed by atoms with van der Waals surface area (Å²) in [5.74, 6) is -0.436. The molecule has 0 unspecified atom stereocenters. The van der Waals surface area contributed by atoms with Crippen LogP contribution in [0.2, 0.25) is 0 Å². The van der Waals surface area contributed by atoms with E-state index < -0.39 is 23.9 Å². The van der Waals surface area contributed by atoms with Gasteiger partial charge in [-0.25, -0.2) is 34.1 Å². The Labute approximate surface area is 207 Å². The third-order valence-corrected chi connectivity index (χ3v) is 6.40. The first-order valence-corrected chi connectivity index (χ1v) is 11.7. The van der Waals surface area contributed by atoms with E-state index in [0.717, 1.165) is 16.6 Å². The number of aromatic nitrogens is 6. The molecule has 1 atom stereocenters. The topological polar surface area (TPSA) is 160 Å². The minimum Gasteiger partial charge on any atom is -0.465 e. The van der Waals surface area contributed by atoms with Gasteiger partial charge in [0.25, 0.3) is 0 Å². The van der Waals surface area contributed by atoms with Crippen molar-refractivity contribution in [1.29, 1.82) is 0 Å². The average Bonchev–Trinajstić information content (AvgIpc) is 3.51. The molecule has 4 aromatic rings. The minimum absolute atomic E-state index is 0.0230. The number of halogens is 1. The van der Waals surface area contributed by atoms with Crippen LogP contribution in [0.5, 0.6) is 0 Å². The van der Waals surface area contributed by atoms with Crippen molar-refractivity contribution in [2.24, 2.45) is 0 Å². The standard InChI is InChI=1S/C21H20FN9O4S/c22-12-6-23-10-27-18(12)16-8-26-20(36-16)29-17-5-14-13(7-25-17)28-11-30(14)2-1-24-19(32)15-9-35-4-3-31(15)21(33)34/h5-8,10-11,15H,1-4,9H2,(H,24,32)(H,33,34)(H,25,26,29)/t15-/m0/s1. The van der Waals surface area contributed by atoms with Gasteiger partial charge in [-0.15, -0.1) is 0 Å². The van der Waals surface area contributed by atoms with E-state index in [1.807, 2.05) is 4.57 Å². The summed E-state index contributed by atoms with van der Waals surface area (Å²) in [5.41, 5.74) is 1.60. The zero-order valence-electron chi connectivity index (χ0n) is 18.7. The average molecular weight is 514 g/mol. The Kier molecular flexibility index (Phi) is 6.64. The van der Waals surface area contributed by atoms with Crippen LogP contribution in [-0.4, -0.2) is 83.8 Å². The van der Waals surface area contributed by atoms with Crippen LogP contribution >= 0.6 is 11.3 Å². The number of amides is 2. The van der Waals surface area contributed by atoms with Crippen LogP contribution in [-0.2, 0) is 16.1 Å². The third-order valence-electron chi connectivity index (χ3n) is 5.48. The summed E-state index contributed by atoms with van der Waals surface area (Å²) >= 11 is 1.22. The number of carboxylic acid groups (broad SMARTS) is 1. The van der Waals surface area contributed by atoms with Gasteiger partial charge in [0.1, 0.15) is 29.4 Å². The molecule has 186 valence electrons. The van der Waals surface area contributed by atoms with Gasteiger partial charge in [-0.3, -0.25) is 9.69 Å². The maximum Gasteiger partial charge on any atom is 0.408 e. The van der Waals surface area contributed by atoms with Gasteiger partial charge in [0.2, 0.25) is 5.91 Å². The number of imidazole rings is 1. The van der Waals surface area contributed by atoms with Crippen molar-refractivity contribution in [2.75, 3.05) is 31.6 Å². The molecule has 36 heavy (non-hydrogen) atoms. The molecule has 0 radical (unpaired) electrons. The largest absolute Gasteiger partial charge is 0.465 e. The van der Waals surface area contributed by atoms with Gasteiger partial charge in [0.05, 0.1) is 42.3 Å². The smallest absolute Gasteiger partial charge is 0.408 e. The number of fused-ring (bicyclic) bond motifs is 1. The van der Waals surface area contributed by atoms with E-state index in [4.69, 9.17) is 4.74 Å². The van der Waals surface area contributed by atoms with Crippen molar-refractivity contribution in [3.05, 3.63) is 43.1 Å². The summed E-state index contributed by atoms with van der Waals surface area (Å²) in [4.78, 5) is 46.1. The molecule has 1 fully saturated rings. The van der Waals surface area contributed by atoms with Crippen molar-refractivity contribution in [1.82, 2.24) is 39.7 Å². The van der Waals surface area contributed by atoms with Crippen LogP contribution in [0.25, 0.3) is 21.6 Å². The fourth-order valence-corrected chi connectivity index (χ4v) is 4.54. The van der Waals surface area contributed by atoms with E-state index in [9.17, 15) is 19.1 Å². The monoisotopic (exact) mass is 513 g/mol. The molecule has 15 heteroatoms. The molecular formula is C21H20FN9O4S. The second-order valence-corrected chi connectivity index (χ2v) is 8.76. The third kappa shape index (κ3) is 4.92. The molecule has 0 spiro atoms. The van der Waals surface area contributed by atoms with Crippen LogP contribution in [0.4, 0.5) is 20.1 Å². The number of carbonyl (C=O) groups is 2. The first-order chi connectivity index (χ1) is 17.5. The van der Waals surface area contributed by atoms with Crippen molar-refractivity contribution in [3.8, 4) is 10.6 Å². The van der Waals surface area contributed by atoms with E-state index in [1.165, 1.54) is 23.9 Å². The molecule has 1 aliphatic rings. The Morgan fingerprint density at radius 3 is 2.94 bits per heavy atom. The van der Waals surface area contributed by atoms with Gasteiger partial charge >= 0.3 is 6.09 Å². The summed E-state index contributed by atoms with van der Waals surface area (Å²) in [7, 11) is 0. The summed E-state index contributed by atoms with van der Waals surface area (Å²) < 4.78 is 21.1. The quantitative estimate of drug-likeness (QED) is 0.332. The second kappa shape index (κ2) is 10.2. The molecule has 3 N–H and O–H groups in total. The number of carbonyl (C=O) groups excluding carboxylic acids is 1. The van der Waals surface area contributed by atoms with Crippen molar-refractivity contribution in [2.45, 2.75) is 12.6 Å². The molecular weight excluding hydrogens is 493 g/mol. The highest BCUT2D eigenvalue weighted by molar-refractivity contribution is 7.18. The molecule has 5 heterocycles. The molecule has 0 saturated carbocycles. The van der Waals surface area contributed by atoms with Gasteiger partial charge < -0.3 is 25.0 Å². The predicted molar refractivity (Wildman–Crippen MR) is 126 cm³/mol. The SMILES string of the molecule is O=C(NCCn1cnc2cnc(Nc3ncc(-c4ncncc4F)s3)cc21)[C@@H]1COCCN1C(=O)O. The number of anilines is 2. The first-order valence-electron chi connectivity index (χ1n) is 10.8. The van der Waals surface area contributed by atoms with Crippen LogP contribution in [0.1, 0.15) is 0 Å². The lowest BCUT2D eigenvalue weighted by molar-refractivity contribution is -0.131. The number of morpholine rings is 1. The van der Waals surface area contributed by atoms with E-state index in [2.05, 4.69) is 35.6 Å². The Balaban J connectivity index is 1.24. The van der Waals surface area contributed by atoms with Gasteiger partial charge in [-0.2, -0.15) is 0 Å². The fourth-order valence-electron chi connectivity index (χ4n) is 3.72. The number of ether oxygens (including phenoxy) is 1. The van der Waals surface area contributed by atoms with E-state index in [-0.39, 0.29) is 32.0 Å². The maximum absolute atomic E-state index is 14.0. The molecule has 4 aromatic heterocycles. The lowest BCUT2D eigenvalue weighted by Crippen LogP contribution is -2.55. The summed E-state index contributed by atoms with van der Waals surface area (Å²) in [5, 5.41) is 15.7. The van der Waals surface area contributed by atoms with Crippen LogP contribution in [0.3, 0.4) is 0 Å². The van der Waals surface area contributed by atoms with E-state index in [1.54, 1.807) is 18.6 Å². The van der Waals surface area contributed by atoms with Crippen LogP contribution < -0.4 is 10.6 Å². The molecule has 1 saturated heterocycles. The maximum atomic E-state index is 14.0. The Morgan fingerprint density at radius 2 is 2.11 bits per heavy atom. The molecule has 0 aromatic carbocycles. The summed E-state index contributed by atoms with van der Waals surface area (Å²) in [6.07, 6.45) is 5.98. The Hall–Kier alpha value is -4.24. The predicted octanol–water partition coefficient (Wildman–Crippen LogP) is 1.72. The van der Waals surface area contributed by atoms with Crippen LogP contribution in [0, 0.1) is 5.82 Å². The molecule has 0 bridgehead atoms. The highest BCUT2D eigenvalue weighted by Crippen LogP contribution is 2.30. The van der Waals surface area contributed by atoms with E-state index >= 15 is 0 Å². The van der Waals surface area contributed by atoms with Gasteiger partial charge in [-0.1, -0.05) is 11.3 Å². The highest BCUT2D eigenvalue weighted by Gasteiger charge is 2.32. The van der Waals surface area contributed by atoms with Crippen molar-refractivity contribution >= 4 is 45.3 Å². The molecule has 0 aliphatic carbocycles. The zero-order chi connectivity index (χ0) is 25.1. The fraction of sp³-hybridized carbons (Fsp3) is 0.286.